The van der Waals surface area contributed by atoms with E-state index in [4.69, 9.17) is 27.9 Å². The highest BCUT2D eigenvalue weighted by Gasteiger charge is 2.12. The molecule has 2 aromatic rings. The summed E-state index contributed by atoms with van der Waals surface area (Å²) in [5.41, 5.74) is 0.994. The van der Waals surface area contributed by atoms with Gasteiger partial charge in [0.05, 0.1) is 15.6 Å². The zero-order valence-electron chi connectivity index (χ0n) is 13.1. The predicted octanol–water partition coefficient (Wildman–Crippen LogP) is 3.15. The number of carbonyl (C=O) groups excluding carboxylic acids is 3. The maximum Gasteiger partial charge on any atom is 0.338 e. The summed E-state index contributed by atoms with van der Waals surface area (Å²) in [7, 11) is 1.51. The number of rotatable bonds is 5. The molecule has 2 rings (SSSR count). The van der Waals surface area contributed by atoms with Gasteiger partial charge in [0.1, 0.15) is 0 Å². The second-order valence-electron chi connectivity index (χ2n) is 4.91. The lowest BCUT2D eigenvalue weighted by atomic mass is 10.2. The highest BCUT2D eigenvalue weighted by molar-refractivity contribution is 6.42. The van der Waals surface area contributed by atoms with E-state index in [0.29, 0.717) is 16.3 Å². The number of amides is 2. The Morgan fingerprint density at radius 2 is 1.76 bits per heavy atom. The van der Waals surface area contributed by atoms with Crippen molar-refractivity contribution in [2.45, 2.75) is 0 Å². The fraction of sp³-hybridized carbons (Fsp3) is 0.118. The van der Waals surface area contributed by atoms with Crippen molar-refractivity contribution in [2.75, 3.05) is 19.0 Å². The van der Waals surface area contributed by atoms with E-state index in [1.165, 1.54) is 31.3 Å². The third kappa shape index (κ3) is 5.20. The highest BCUT2D eigenvalue weighted by atomic mass is 35.5. The Labute approximate surface area is 154 Å². The third-order valence-electron chi connectivity index (χ3n) is 3.13. The van der Waals surface area contributed by atoms with Gasteiger partial charge in [-0.2, -0.15) is 0 Å². The number of hydrogen-bond donors (Lipinski definition) is 2. The maximum atomic E-state index is 11.9. The van der Waals surface area contributed by atoms with Crippen molar-refractivity contribution in [3.63, 3.8) is 0 Å². The lowest BCUT2D eigenvalue weighted by Gasteiger charge is -2.08. The van der Waals surface area contributed by atoms with Crippen LogP contribution in [0, 0.1) is 0 Å². The standard InChI is InChI=1S/C17H14Cl2N2O4/c1-20-16(23)10-3-2-4-12(7-10)21-15(22)9-25-17(24)11-5-6-13(18)14(19)8-11/h2-8H,9H2,1H3,(H,20,23)(H,21,22). The van der Waals surface area contributed by atoms with Crippen molar-refractivity contribution in [1.82, 2.24) is 5.32 Å². The maximum absolute atomic E-state index is 11.9. The van der Waals surface area contributed by atoms with E-state index >= 15 is 0 Å². The van der Waals surface area contributed by atoms with Gasteiger partial charge in [0.15, 0.2) is 6.61 Å². The van der Waals surface area contributed by atoms with Crippen LogP contribution in [0.15, 0.2) is 42.5 Å². The highest BCUT2D eigenvalue weighted by Crippen LogP contribution is 2.22. The zero-order valence-corrected chi connectivity index (χ0v) is 14.6. The predicted molar refractivity (Wildman–Crippen MR) is 95.2 cm³/mol. The fourth-order valence-corrected chi connectivity index (χ4v) is 2.22. The quantitative estimate of drug-likeness (QED) is 0.780. The lowest BCUT2D eigenvalue weighted by molar-refractivity contribution is -0.119. The van der Waals surface area contributed by atoms with Gasteiger partial charge in [0, 0.05) is 18.3 Å². The summed E-state index contributed by atoms with van der Waals surface area (Å²) >= 11 is 11.6. The molecule has 2 amide bonds. The van der Waals surface area contributed by atoms with Crippen LogP contribution in [0.3, 0.4) is 0 Å². The van der Waals surface area contributed by atoms with Gasteiger partial charge >= 0.3 is 5.97 Å². The molecule has 0 saturated carbocycles. The van der Waals surface area contributed by atoms with Gasteiger partial charge in [0.2, 0.25) is 0 Å². The zero-order chi connectivity index (χ0) is 18.4. The van der Waals surface area contributed by atoms with Gasteiger partial charge < -0.3 is 15.4 Å². The fourth-order valence-electron chi connectivity index (χ4n) is 1.92. The molecule has 0 radical (unpaired) electrons. The van der Waals surface area contributed by atoms with Crippen LogP contribution >= 0.6 is 23.2 Å². The van der Waals surface area contributed by atoms with Gasteiger partial charge in [0.25, 0.3) is 11.8 Å². The summed E-state index contributed by atoms with van der Waals surface area (Å²) in [6.45, 7) is -0.483. The molecule has 0 bridgehead atoms. The van der Waals surface area contributed by atoms with Crippen LogP contribution in [0.5, 0.6) is 0 Å². The normalized spacial score (nSPS) is 10.0. The number of ether oxygens (including phenoxy) is 1. The Bertz CT molecular complexity index is 824. The Kier molecular flexibility index (Phi) is 6.38. The van der Waals surface area contributed by atoms with E-state index in [0.717, 1.165) is 0 Å². The molecule has 8 heteroatoms. The Hall–Kier alpha value is -2.57. The Morgan fingerprint density at radius 1 is 1.00 bits per heavy atom. The Balaban J connectivity index is 1.93. The minimum atomic E-state index is -0.701. The largest absolute Gasteiger partial charge is 0.452 e. The summed E-state index contributed by atoms with van der Waals surface area (Å²) < 4.78 is 4.92. The lowest BCUT2D eigenvalue weighted by Crippen LogP contribution is -2.22. The van der Waals surface area contributed by atoms with Gasteiger partial charge in [-0.15, -0.1) is 0 Å². The number of esters is 1. The van der Waals surface area contributed by atoms with Crippen LogP contribution in [-0.2, 0) is 9.53 Å². The van der Waals surface area contributed by atoms with Gasteiger partial charge in [-0.25, -0.2) is 4.79 Å². The molecule has 0 aromatic heterocycles. The van der Waals surface area contributed by atoms with Gasteiger partial charge in [-0.1, -0.05) is 29.3 Å². The molecule has 2 N–H and O–H groups in total. The van der Waals surface area contributed by atoms with E-state index in [2.05, 4.69) is 10.6 Å². The number of nitrogens with one attached hydrogen (secondary N) is 2. The number of hydrogen-bond acceptors (Lipinski definition) is 4. The first-order valence-electron chi connectivity index (χ1n) is 7.15. The second-order valence-corrected chi connectivity index (χ2v) is 5.73. The van der Waals surface area contributed by atoms with Crippen molar-refractivity contribution >= 4 is 46.7 Å². The van der Waals surface area contributed by atoms with Crippen LogP contribution in [0.4, 0.5) is 5.69 Å². The molecule has 0 fully saturated rings. The van der Waals surface area contributed by atoms with Crippen molar-refractivity contribution in [3.8, 4) is 0 Å². The molecule has 0 unspecified atom stereocenters. The number of carbonyl (C=O) groups is 3. The van der Waals surface area contributed by atoms with Crippen LogP contribution in [0.2, 0.25) is 10.0 Å². The molecule has 0 atom stereocenters. The summed E-state index contributed by atoms with van der Waals surface area (Å²) in [6.07, 6.45) is 0. The van der Waals surface area contributed by atoms with Crippen LogP contribution in [0.1, 0.15) is 20.7 Å². The molecule has 0 saturated heterocycles. The molecule has 0 aliphatic heterocycles. The topological polar surface area (TPSA) is 84.5 Å². The molecular formula is C17H14Cl2N2O4. The minimum absolute atomic E-state index is 0.184. The second kappa shape index (κ2) is 8.50. The number of halogens is 2. The van der Waals surface area contributed by atoms with Crippen LogP contribution in [0.25, 0.3) is 0 Å². The van der Waals surface area contributed by atoms with Crippen molar-refractivity contribution in [2.24, 2.45) is 0 Å². The average Bonchev–Trinajstić information content (AvgIpc) is 2.61. The van der Waals surface area contributed by atoms with E-state index in [9.17, 15) is 14.4 Å². The first-order valence-corrected chi connectivity index (χ1v) is 7.90. The first kappa shape index (κ1) is 18.8. The molecule has 0 heterocycles. The van der Waals surface area contributed by atoms with Crippen molar-refractivity contribution < 1.29 is 19.1 Å². The molecule has 0 aliphatic rings. The third-order valence-corrected chi connectivity index (χ3v) is 3.86. The average molecular weight is 381 g/mol. The molecule has 6 nitrogen and oxygen atoms in total. The molecule has 130 valence electrons. The molecule has 0 aliphatic carbocycles. The van der Waals surface area contributed by atoms with Crippen LogP contribution in [-0.4, -0.2) is 31.4 Å². The summed E-state index contributed by atoms with van der Waals surface area (Å²) in [5.74, 6) is -1.52. The van der Waals surface area contributed by atoms with E-state index < -0.39 is 18.5 Å². The van der Waals surface area contributed by atoms with Gasteiger partial charge in [-0.05, 0) is 36.4 Å². The molecule has 2 aromatic carbocycles. The van der Waals surface area contributed by atoms with E-state index in [1.807, 2.05) is 0 Å². The van der Waals surface area contributed by atoms with Crippen molar-refractivity contribution in [3.05, 3.63) is 63.6 Å². The van der Waals surface area contributed by atoms with E-state index in [-0.39, 0.29) is 16.5 Å². The summed E-state index contributed by atoms with van der Waals surface area (Å²) in [5, 5.41) is 5.56. The molecule has 25 heavy (non-hydrogen) atoms. The molecular weight excluding hydrogens is 367 g/mol. The minimum Gasteiger partial charge on any atom is -0.452 e. The monoisotopic (exact) mass is 380 g/mol. The van der Waals surface area contributed by atoms with E-state index in [1.54, 1.807) is 18.2 Å². The SMILES string of the molecule is CNC(=O)c1cccc(NC(=O)COC(=O)c2ccc(Cl)c(Cl)c2)c1. The summed E-state index contributed by atoms with van der Waals surface area (Å²) in [6, 6.07) is 10.6. The Morgan fingerprint density at radius 3 is 2.44 bits per heavy atom. The molecule has 0 spiro atoms. The smallest absolute Gasteiger partial charge is 0.338 e. The number of anilines is 1. The van der Waals surface area contributed by atoms with Crippen molar-refractivity contribution in [1.29, 1.82) is 0 Å². The number of benzene rings is 2. The van der Waals surface area contributed by atoms with Gasteiger partial charge in [-0.3, -0.25) is 9.59 Å². The summed E-state index contributed by atoms with van der Waals surface area (Å²) in [4.78, 5) is 35.3. The van der Waals surface area contributed by atoms with Crippen LogP contribution < -0.4 is 10.6 Å². The first-order chi connectivity index (χ1) is 11.9.